The normalized spacial score (nSPS) is 18.3. The molecule has 1 unspecified atom stereocenters. The third-order valence-corrected chi connectivity index (χ3v) is 3.11. The quantitative estimate of drug-likeness (QED) is 0.803. The highest BCUT2D eigenvalue weighted by molar-refractivity contribution is 5.73. The summed E-state index contributed by atoms with van der Waals surface area (Å²) in [7, 11) is 0. The van der Waals surface area contributed by atoms with E-state index < -0.39 is 5.97 Å². The summed E-state index contributed by atoms with van der Waals surface area (Å²) in [5, 5.41) is 9.14. The highest BCUT2D eigenvalue weighted by Gasteiger charge is 2.28. The first-order valence-electron chi connectivity index (χ1n) is 5.71. The molecule has 1 atom stereocenters. The van der Waals surface area contributed by atoms with E-state index in [1.807, 2.05) is 24.3 Å². The number of hydrogen-bond donors (Lipinski definition) is 1. The van der Waals surface area contributed by atoms with Gasteiger partial charge in [0.2, 0.25) is 0 Å². The minimum atomic E-state index is -0.731. The van der Waals surface area contributed by atoms with Gasteiger partial charge in [-0.15, -0.1) is 12.3 Å². The van der Waals surface area contributed by atoms with Crippen LogP contribution in [0.4, 0.5) is 5.69 Å². The molecule has 0 saturated heterocycles. The van der Waals surface area contributed by atoms with Gasteiger partial charge >= 0.3 is 5.97 Å². The van der Waals surface area contributed by atoms with Gasteiger partial charge in [-0.1, -0.05) is 18.2 Å². The van der Waals surface area contributed by atoms with Gasteiger partial charge in [-0.3, -0.25) is 4.79 Å². The lowest BCUT2D eigenvalue weighted by Crippen LogP contribution is -2.39. The third kappa shape index (κ3) is 2.42. The zero-order valence-electron chi connectivity index (χ0n) is 9.60. The van der Waals surface area contributed by atoms with Gasteiger partial charge in [0.1, 0.15) is 0 Å². The van der Waals surface area contributed by atoms with Crippen molar-refractivity contribution < 1.29 is 9.90 Å². The van der Waals surface area contributed by atoms with Crippen LogP contribution in [-0.4, -0.2) is 24.2 Å². The fourth-order valence-electron chi connectivity index (χ4n) is 2.26. The number of rotatable bonds is 3. The molecule has 0 saturated carbocycles. The van der Waals surface area contributed by atoms with Crippen LogP contribution >= 0.6 is 0 Å². The maximum absolute atomic E-state index is 11.1. The van der Waals surface area contributed by atoms with Crippen LogP contribution in [-0.2, 0) is 11.2 Å². The lowest BCUT2D eigenvalue weighted by atomic mass is 9.92. The highest BCUT2D eigenvalue weighted by Crippen LogP contribution is 2.29. The summed E-state index contributed by atoms with van der Waals surface area (Å²) in [6.45, 7) is 1.27. The van der Waals surface area contributed by atoms with Crippen molar-refractivity contribution in [3.05, 3.63) is 29.8 Å². The molecule has 0 aliphatic carbocycles. The topological polar surface area (TPSA) is 40.5 Å². The van der Waals surface area contributed by atoms with Gasteiger partial charge in [0.25, 0.3) is 0 Å². The molecule has 1 N–H and O–H groups in total. The van der Waals surface area contributed by atoms with Crippen LogP contribution in [0.3, 0.4) is 0 Å². The standard InChI is InChI=1S/C14H15NO2/c1-2-3-8-15-10-12(14(16)17)9-11-6-4-5-7-13(11)15/h1,4-7,12H,3,8-10H2,(H,16,17). The number of hydrogen-bond acceptors (Lipinski definition) is 2. The largest absolute Gasteiger partial charge is 0.481 e. The molecule has 1 aliphatic rings. The predicted octanol–water partition coefficient (Wildman–Crippen LogP) is 1.77. The molecule has 1 heterocycles. The second kappa shape index (κ2) is 4.92. The Bertz CT molecular complexity index is 462. The van der Waals surface area contributed by atoms with Crippen molar-refractivity contribution in [1.29, 1.82) is 0 Å². The lowest BCUT2D eigenvalue weighted by molar-refractivity contribution is -0.141. The Kier molecular flexibility index (Phi) is 3.34. The molecule has 0 amide bonds. The van der Waals surface area contributed by atoms with E-state index in [-0.39, 0.29) is 5.92 Å². The molecule has 2 rings (SSSR count). The fraction of sp³-hybridized carbons (Fsp3) is 0.357. The summed E-state index contributed by atoms with van der Waals surface area (Å²) < 4.78 is 0. The summed E-state index contributed by atoms with van der Waals surface area (Å²) in [4.78, 5) is 13.2. The molecular weight excluding hydrogens is 214 g/mol. The predicted molar refractivity (Wildman–Crippen MR) is 66.9 cm³/mol. The van der Waals surface area contributed by atoms with Crippen LogP contribution in [0, 0.1) is 18.3 Å². The average molecular weight is 229 g/mol. The van der Waals surface area contributed by atoms with Gasteiger partial charge in [-0.05, 0) is 18.1 Å². The second-order valence-electron chi connectivity index (χ2n) is 4.27. The van der Waals surface area contributed by atoms with Gasteiger partial charge in [-0.2, -0.15) is 0 Å². The molecule has 0 aromatic heterocycles. The van der Waals surface area contributed by atoms with Crippen molar-refractivity contribution in [1.82, 2.24) is 0 Å². The number of nitrogens with zero attached hydrogens (tertiary/aromatic N) is 1. The van der Waals surface area contributed by atoms with Gasteiger partial charge in [-0.25, -0.2) is 0 Å². The number of carboxylic acid groups (broad SMARTS) is 1. The van der Waals surface area contributed by atoms with Crippen molar-refractivity contribution in [2.75, 3.05) is 18.0 Å². The van der Waals surface area contributed by atoms with Gasteiger partial charge in [0.05, 0.1) is 5.92 Å². The second-order valence-corrected chi connectivity index (χ2v) is 4.27. The number of carboxylic acids is 1. The molecule has 3 heteroatoms. The first kappa shape index (κ1) is 11.5. The number of para-hydroxylation sites is 1. The first-order valence-corrected chi connectivity index (χ1v) is 5.71. The number of aliphatic carboxylic acids is 1. The van der Waals surface area contributed by atoms with Gasteiger partial charge < -0.3 is 10.0 Å². The summed E-state index contributed by atoms with van der Waals surface area (Å²) in [5.74, 6) is 1.54. The number of fused-ring (bicyclic) bond motifs is 1. The lowest BCUT2D eigenvalue weighted by Gasteiger charge is -2.34. The molecule has 0 fully saturated rings. The van der Waals surface area contributed by atoms with Crippen molar-refractivity contribution in [2.45, 2.75) is 12.8 Å². The number of carbonyl (C=O) groups is 1. The van der Waals surface area contributed by atoms with Crippen molar-refractivity contribution in [3.63, 3.8) is 0 Å². The molecular formula is C14H15NO2. The van der Waals surface area contributed by atoms with E-state index in [2.05, 4.69) is 10.8 Å². The number of terminal acetylenes is 1. The third-order valence-electron chi connectivity index (χ3n) is 3.11. The Labute approximate surface area is 101 Å². The molecule has 1 aromatic carbocycles. The van der Waals surface area contributed by atoms with Crippen LogP contribution < -0.4 is 4.90 Å². The van der Waals surface area contributed by atoms with Gasteiger partial charge in [0.15, 0.2) is 0 Å². The van der Waals surface area contributed by atoms with Crippen molar-refractivity contribution in [2.24, 2.45) is 5.92 Å². The number of anilines is 1. The smallest absolute Gasteiger partial charge is 0.308 e. The van der Waals surface area contributed by atoms with E-state index in [4.69, 9.17) is 11.5 Å². The Morgan fingerprint density at radius 2 is 2.29 bits per heavy atom. The molecule has 3 nitrogen and oxygen atoms in total. The van der Waals surface area contributed by atoms with Crippen LogP contribution in [0.1, 0.15) is 12.0 Å². The Balaban J connectivity index is 2.26. The van der Waals surface area contributed by atoms with Crippen molar-refractivity contribution in [3.8, 4) is 12.3 Å². The summed E-state index contributed by atoms with van der Waals surface area (Å²) in [5.41, 5.74) is 2.23. The molecule has 1 aromatic rings. The first-order chi connectivity index (χ1) is 8.22. The molecule has 0 bridgehead atoms. The van der Waals surface area contributed by atoms with E-state index in [9.17, 15) is 4.79 Å². The highest BCUT2D eigenvalue weighted by atomic mass is 16.4. The minimum absolute atomic E-state index is 0.331. The number of benzene rings is 1. The van der Waals surface area contributed by atoms with E-state index in [1.54, 1.807) is 0 Å². The van der Waals surface area contributed by atoms with E-state index >= 15 is 0 Å². The van der Waals surface area contributed by atoms with Crippen LogP contribution in [0.25, 0.3) is 0 Å². The maximum Gasteiger partial charge on any atom is 0.308 e. The molecule has 17 heavy (non-hydrogen) atoms. The Hall–Kier alpha value is -1.95. The fourth-order valence-corrected chi connectivity index (χ4v) is 2.26. The Morgan fingerprint density at radius 3 is 3.00 bits per heavy atom. The van der Waals surface area contributed by atoms with Crippen molar-refractivity contribution >= 4 is 11.7 Å². The molecule has 1 aliphatic heterocycles. The monoisotopic (exact) mass is 229 g/mol. The minimum Gasteiger partial charge on any atom is -0.481 e. The van der Waals surface area contributed by atoms with Gasteiger partial charge in [0, 0.05) is 25.2 Å². The Morgan fingerprint density at radius 1 is 1.53 bits per heavy atom. The summed E-state index contributed by atoms with van der Waals surface area (Å²) >= 11 is 0. The zero-order chi connectivity index (χ0) is 12.3. The maximum atomic E-state index is 11.1. The zero-order valence-corrected chi connectivity index (χ0v) is 9.60. The molecule has 0 spiro atoms. The van der Waals surface area contributed by atoms with E-state index in [1.165, 1.54) is 0 Å². The van der Waals surface area contributed by atoms with Crippen LogP contribution in [0.15, 0.2) is 24.3 Å². The summed E-state index contributed by atoms with van der Waals surface area (Å²) in [6.07, 6.45) is 6.52. The van der Waals surface area contributed by atoms with E-state index in [0.29, 0.717) is 19.4 Å². The average Bonchev–Trinajstić information content (AvgIpc) is 2.35. The SMILES string of the molecule is C#CCCN1CC(C(=O)O)Cc2ccccc21. The molecule has 88 valence electrons. The van der Waals surface area contributed by atoms with Crippen LogP contribution in [0.2, 0.25) is 0 Å². The van der Waals surface area contributed by atoms with E-state index in [0.717, 1.165) is 17.8 Å². The molecule has 0 radical (unpaired) electrons. The van der Waals surface area contributed by atoms with Crippen LogP contribution in [0.5, 0.6) is 0 Å². The summed E-state index contributed by atoms with van der Waals surface area (Å²) in [6, 6.07) is 7.95.